The zero-order valence-corrected chi connectivity index (χ0v) is 10.1. The lowest BCUT2D eigenvalue weighted by Crippen LogP contribution is -2.45. The van der Waals surface area contributed by atoms with Gasteiger partial charge in [0, 0.05) is 18.4 Å². The van der Waals surface area contributed by atoms with Crippen LogP contribution in [0.15, 0.2) is 0 Å². The summed E-state index contributed by atoms with van der Waals surface area (Å²) < 4.78 is 4.94. The molecule has 0 saturated carbocycles. The minimum atomic E-state index is -0.335. The van der Waals surface area contributed by atoms with Crippen molar-refractivity contribution in [1.82, 2.24) is 5.32 Å². The van der Waals surface area contributed by atoms with Crippen molar-refractivity contribution in [2.45, 2.75) is 33.2 Å². The number of carbonyl (C=O) groups excluding carboxylic acids is 1. The summed E-state index contributed by atoms with van der Waals surface area (Å²) in [6.07, 6.45) is 0.806. The average Bonchev–Trinajstić information content (AvgIpc) is 2.16. The second kappa shape index (κ2) is 6.25. The molecule has 1 atom stereocenters. The number of methoxy groups -OCH3 is 1. The molecule has 4 heteroatoms. The Morgan fingerprint density at radius 2 is 2.14 bits per heavy atom. The fraction of sp³-hybridized carbons (Fsp3) is 0.900. The summed E-state index contributed by atoms with van der Waals surface area (Å²) in [4.78, 5) is 11.7. The third-order valence-electron chi connectivity index (χ3n) is 2.39. The van der Waals surface area contributed by atoms with Crippen LogP contribution in [0.25, 0.3) is 0 Å². The van der Waals surface area contributed by atoms with E-state index in [-0.39, 0.29) is 17.4 Å². The van der Waals surface area contributed by atoms with Crippen LogP contribution in [0.5, 0.6) is 0 Å². The number of hydrogen-bond donors (Lipinski definition) is 1. The molecule has 3 nitrogen and oxygen atoms in total. The molecule has 0 saturated heterocycles. The van der Waals surface area contributed by atoms with Gasteiger partial charge in [-0.15, -0.1) is 11.6 Å². The van der Waals surface area contributed by atoms with Gasteiger partial charge < -0.3 is 10.1 Å². The maximum atomic E-state index is 11.7. The highest BCUT2D eigenvalue weighted by Crippen LogP contribution is 2.19. The second-order valence-electron chi connectivity index (χ2n) is 4.02. The quantitative estimate of drug-likeness (QED) is 0.695. The Balaban J connectivity index is 4.15. The third-order valence-corrected chi connectivity index (χ3v) is 2.76. The van der Waals surface area contributed by atoms with E-state index >= 15 is 0 Å². The van der Waals surface area contributed by atoms with Crippen LogP contribution in [-0.2, 0) is 9.53 Å². The summed E-state index contributed by atoms with van der Waals surface area (Å²) in [6, 6.07) is -0.0972. The number of nitrogens with one attached hydrogen (secondary N) is 1. The predicted octanol–water partition coefficient (Wildman–Crippen LogP) is 1.79. The number of carbonyl (C=O) groups is 1. The van der Waals surface area contributed by atoms with E-state index < -0.39 is 0 Å². The van der Waals surface area contributed by atoms with Gasteiger partial charge in [0.25, 0.3) is 0 Å². The van der Waals surface area contributed by atoms with Gasteiger partial charge in [0.05, 0.1) is 12.6 Å². The van der Waals surface area contributed by atoms with Crippen LogP contribution in [0.2, 0.25) is 0 Å². The molecule has 0 radical (unpaired) electrons. The molecular formula is C10H20ClNO2. The van der Waals surface area contributed by atoms with Crippen LogP contribution in [0, 0.1) is 5.41 Å². The Morgan fingerprint density at radius 1 is 1.57 bits per heavy atom. The number of halogens is 1. The first kappa shape index (κ1) is 13.7. The zero-order chi connectivity index (χ0) is 11.2. The summed E-state index contributed by atoms with van der Waals surface area (Å²) >= 11 is 5.69. The summed E-state index contributed by atoms with van der Waals surface area (Å²) in [5.74, 6) is 0.405. The first-order valence-corrected chi connectivity index (χ1v) is 5.37. The largest absolute Gasteiger partial charge is 0.383 e. The maximum absolute atomic E-state index is 11.7. The highest BCUT2D eigenvalue weighted by molar-refractivity contribution is 6.18. The summed E-state index contributed by atoms with van der Waals surface area (Å²) in [7, 11) is 1.59. The van der Waals surface area contributed by atoms with Gasteiger partial charge in [0.15, 0.2) is 0 Å². The van der Waals surface area contributed by atoms with Gasteiger partial charge in [-0.05, 0) is 6.42 Å². The van der Waals surface area contributed by atoms with Crippen molar-refractivity contribution >= 4 is 17.5 Å². The molecule has 1 amide bonds. The van der Waals surface area contributed by atoms with Crippen LogP contribution in [0.1, 0.15) is 27.2 Å². The van der Waals surface area contributed by atoms with Gasteiger partial charge in [-0.1, -0.05) is 20.8 Å². The van der Waals surface area contributed by atoms with Crippen LogP contribution in [-0.4, -0.2) is 31.5 Å². The summed E-state index contributed by atoms with van der Waals surface area (Å²) in [5.41, 5.74) is -0.335. The fourth-order valence-corrected chi connectivity index (χ4v) is 1.03. The number of rotatable bonds is 6. The van der Waals surface area contributed by atoms with Gasteiger partial charge in [-0.25, -0.2) is 0 Å². The number of hydrogen-bond acceptors (Lipinski definition) is 2. The van der Waals surface area contributed by atoms with E-state index in [0.717, 1.165) is 6.42 Å². The van der Waals surface area contributed by atoms with Crippen LogP contribution < -0.4 is 5.32 Å². The Kier molecular flexibility index (Phi) is 6.12. The van der Waals surface area contributed by atoms with Gasteiger partial charge in [-0.3, -0.25) is 4.79 Å². The van der Waals surface area contributed by atoms with Crippen LogP contribution in [0.3, 0.4) is 0 Å². The Hall–Kier alpha value is -0.280. The van der Waals surface area contributed by atoms with Gasteiger partial charge >= 0.3 is 0 Å². The molecule has 0 aliphatic heterocycles. The molecule has 0 heterocycles. The molecule has 0 rings (SSSR count). The van der Waals surface area contributed by atoms with Crippen molar-refractivity contribution in [3.63, 3.8) is 0 Å². The molecule has 0 aliphatic carbocycles. The average molecular weight is 222 g/mol. The molecular weight excluding hydrogens is 202 g/mol. The van der Waals surface area contributed by atoms with E-state index in [1.807, 2.05) is 20.8 Å². The molecule has 0 spiro atoms. The molecule has 0 aromatic rings. The Labute approximate surface area is 91.2 Å². The van der Waals surface area contributed by atoms with Crippen molar-refractivity contribution in [2.75, 3.05) is 19.6 Å². The SMILES string of the molecule is CCC(C)(C)C(=O)NC(CCl)COC. The van der Waals surface area contributed by atoms with E-state index in [2.05, 4.69) is 5.32 Å². The van der Waals surface area contributed by atoms with Crippen molar-refractivity contribution in [2.24, 2.45) is 5.41 Å². The van der Waals surface area contributed by atoms with E-state index in [9.17, 15) is 4.79 Å². The van der Waals surface area contributed by atoms with E-state index in [0.29, 0.717) is 12.5 Å². The molecule has 0 aromatic heterocycles. The third kappa shape index (κ3) is 4.29. The van der Waals surface area contributed by atoms with Gasteiger partial charge in [-0.2, -0.15) is 0 Å². The Morgan fingerprint density at radius 3 is 2.50 bits per heavy atom. The van der Waals surface area contributed by atoms with Gasteiger partial charge in [0.2, 0.25) is 5.91 Å². The number of amides is 1. The molecule has 1 N–H and O–H groups in total. The highest BCUT2D eigenvalue weighted by atomic mass is 35.5. The summed E-state index contributed by atoms with van der Waals surface area (Å²) in [6.45, 7) is 6.28. The zero-order valence-electron chi connectivity index (χ0n) is 9.39. The van der Waals surface area contributed by atoms with Crippen molar-refractivity contribution < 1.29 is 9.53 Å². The normalized spacial score (nSPS) is 13.8. The number of ether oxygens (including phenoxy) is 1. The van der Waals surface area contributed by atoms with Gasteiger partial charge in [0.1, 0.15) is 0 Å². The molecule has 0 aromatic carbocycles. The first-order chi connectivity index (χ1) is 6.47. The molecule has 0 bridgehead atoms. The summed E-state index contributed by atoms with van der Waals surface area (Å²) in [5, 5.41) is 2.86. The predicted molar refractivity (Wildman–Crippen MR) is 58.6 cm³/mol. The molecule has 1 unspecified atom stereocenters. The first-order valence-electron chi connectivity index (χ1n) is 4.83. The monoisotopic (exact) mass is 221 g/mol. The minimum Gasteiger partial charge on any atom is -0.383 e. The minimum absolute atomic E-state index is 0.0303. The second-order valence-corrected chi connectivity index (χ2v) is 4.33. The Bertz CT molecular complexity index is 183. The van der Waals surface area contributed by atoms with Crippen LogP contribution >= 0.6 is 11.6 Å². The number of alkyl halides is 1. The smallest absolute Gasteiger partial charge is 0.225 e. The molecule has 84 valence electrons. The fourth-order valence-electron chi connectivity index (χ4n) is 0.867. The standard InChI is InChI=1S/C10H20ClNO2/c1-5-10(2,3)9(13)12-8(6-11)7-14-4/h8H,5-7H2,1-4H3,(H,12,13). The lowest BCUT2D eigenvalue weighted by molar-refractivity contribution is -0.130. The van der Waals surface area contributed by atoms with Crippen LogP contribution in [0.4, 0.5) is 0 Å². The molecule has 0 fully saturated rings. The van der Waals surface area contributed by atoms with E-state index in [4.69, 9.17) is 16.3 Å². The van der Waals surface area contributed by atoms with E-state index in [1.165, 1.54) is 0 Å². The van der Waals surface area contributed by atoms with Crippen molar-refractivity contribution in [1.29, 1.82) is 0 Å². The highest BCUT2D eigenvalue weighted by Gasteiger charge is 2.26. The van der Waals surface area contributed by atoms with Crippen molar-refractivity contribution in [3.8, 4) is 0 Å². The lowest BCUT2D eigenvalue weighted by Gasteiger charge is -2.25. The topological polar surface area (TPSA) is 38.3 Å². The van der Waals surface area contributed by atoms with E-state index in [1.54, 1.807) is 7.11 Å². The molecule has 0 aliphatic rings. The lowest BCUT2D eigenvalue weighted by atomic mass is 9.89. The maximum Gasteiger partial charge on any atom is 0.225 e. The molecule has 14 heavy (non-hydrogen) atoms. The van der Waals surface area contributed by atoms with Crippen molar-refractivity contribution in [3.05, 3.63) is 0 Å².